The van der Waals surface area contributed by atoms with Gasteiger partial charge in [-0.2, -0.15) is 0 Å². The van der Waals surface area contributed by atoms with E-state index in [-0.39, 0.29) is 5.15 Å². The Kier molecular flexibility index (Phi) is 5.75. The second-order valence-corrected chi connectivity index (χ2v) is 7.01. The molecule has 1 amide bonds. The fourth-order valence-electron chi connectivity index (χ4n) is 3.45. The van der Waals surface area contributed by atoms with Crippen molar-refractivity contribution in [3.8, 4) is 0 Å². The Bertz CT molecular complexity index is 853. The third-order valence-electron chi connectivity index (χ3n) is 4.91. The Hall–Kier alpha value is -2.47. The number of ether oxygens (including phenoxy) is 1. The van der Waals surface area contributed by atoms with Gasteiger partial charge in [-0.3, -0.25) is 9.59 Å². The molecule has 3 rings (SSSR count). The van der Waals surface area contributed by atoms with Crippen molar-refractivity contribution >= 4 is 29.2 Å². The van der Waals surface area contributed by atoms with Crippen LogP contribution in [0.15, 0.2) is 42.6 Å². The van der Waals surface area contributed by atoms with Crippen molar-refractivity contribution in [3.63, 3.8) is 0 Å². The van der Waals surface area contributed by atoms with Crippen molar-refractivity contribution in [2.75, 3.05) is 5.32 Å². The van der Waals surface area contributed by atoms with Gasteiger partial charge in [0.2, 0.25) is 0 Å². The summed E-state index contributed by atoms with van der Waals surface area (Å²) in [6, 6.07) is 9.46. The van der Waals surface area contributed by atoms with Gasteiger partial charge in [-0.25, -0.2) is 9.37 Å². The number of hydrogen-bond donors (Lipinski definition) is 1. The molecule has 1 heterocycles. The maximum Gasteiger partial charge on any atom is 0.317 e. The van der Waals surface area contributed by atoms with Crippen LogP contribution in [0.2, 0.25) is 5.15 Å². The van der Waals surface area contributed by atoms with E-state index in [1.165, 1.54) is 19.2 Å². The van der Waals surface area contributed by atoms with Gasteiger partial charge >= 0.3 is 5.97 Å². The number of carbonyl (C=O) groups is 2. The molecule has 0 spiro atoms. The molecule has 1 saturated carbocycles. The van der Waals surface area contributed by atoms with Crippen molar-refractivity contribution < 1.29 is 18.7 Å². The van der Waals surface area contributed by atoms with E-state index in [4.69, 9.17) is 16.3 Å². The van der Waals surface area contributed by atoms with Crippen LogP contribution in [0.1, 0.15) is 38.2 Å². The summed E-state index contributed by atoms with van der Waals surface area (Å²) < 4.78 is 19.8. The highest BCUT2D eigenvalue weighted by atomic mass is 35.5. The summed E-state index contributed by atoms with van der Waals surface area (Å²) in [5, 5.41) is 2.73. The lowest BCUT2D eigenvalue weighted by Crippen LogP contribution is -2.40. The summed E-state index contributed by atoms with van der Waals surface area (Å²) in [5.41, 5.74) is -0.390. The molecule has 27 heavy (non-hydrogen) atoms. The standard InChI is InChI=1S/C20H20ClFN2O3/c1-13(18(25)24-16-9-6-12-23-17(16)21)27-19(26)20(10-4-5-11-20)14-7-2-3-8-15(14)22/h2-3,6-9,12-13H,4-5,10-11H2,1H3,(H,24,25)/t13-/m0/s1. The molecule has 1 fully saturated rings. The number of benzene rings is 1. The first-order valence-corrected chi connectivity index (χ1v) is 9.19. The Morgan fingerprint density at radius 2 is 1.93 bits per heavy atom. The number of anilines is 1. The highest BCUT2D eigenvalue weighted by Gasteiger charge is 2.46. The maximum absolute atomic E-state index is 14.4. The first-order chi connectivity index (χ1) is 12.9. The normalized spacial score (nSPS) is 16.6. The first kappa shape index (κ1) is 19.3. The average Bonchev–Trinajstić information content (AvgIpc) is 3.15. The number of carbonyl (C=O) groups excluding carboxylic acids is 2. The first-order valence-electron chi connectivity index (χ1n) is 8.81. The van der Waals surface area contributed by atoms with E-state index >= 15 is 0 Å². The molecule has 1 aromatic carbocycles. The van der Waals surface area contributed by atoms with Crippen molar-refractivity contribution in [1.82, 2.24) is 4.98 Å². The largest absolute Gasteiger partial charge is 0.452 e. The van der Waals surface area contributed by atoms with E-state index in [1.54, 1.807) is 30.3 Å². The van der Waals surface area contributed by atoms with Crippen molar-refractivity contribution in [2.45, 2.75) is 44.1 Å². The summed E-state index contributed by atoms with van der Waals surface area (Å²) in [6.45, 7) is 1.47. The van der Waals surface area contributed by atoms with Crippen molar-refractivity contribution in [2.24, 2.45) is 0 Å². The summed E-state index contributed by atoms with van der Waals surface area (Å²) in [6.07, 6.45) is 3.04. The number of aromatic nitrogens is 1. The second-order valence-electron chi connectivity index (χ2n) is 6.65. The number of halogens is 2. The monoisotopic (exact) mass is 390 g/mol. The van der Waals surface area contributed by atoms with E-state index in [9.17, 15) is 14.0 Å². The maximum atomic E-state index is 14.4. The molecule has 5 nitrogen and oxygen atoms in total. The van der Waals surface area contributed by atoms with E-state index in [0.717, 1.165) is 12.8 Å². The Morgan fingerprint density at radius 3 is 2.59 bits per heavy atom. The molecule has 0 saturated heterocycles. The number of hydrogen-bond acceptors (Lipinski definition) is 4. The number of nitrogens with zero attached hydrogens (tertiary/aromatic N) is 1. The molecule has 1 aliphatic carbocycles. The van der Waals surface area contributed by atoms with Gasteiger partial charge in [0.25, 0.3) is 5.91 Å². The molecule has 0 bridgehead atoms. The van der Waals surface area contributed by atoms with Gasteiger partial charge in [0.05, 0.1) is 11.1 Å². The molecule has 1 aliphatic rings. The number of rotatable bonds is 5. The predicted molar refractivity (Wildman–Crippen MR) is 100.0 cm³/mol. The Morgan fingerprint density at radius 1 is 1.22 bits per heavy atom. The summed E-state index contributed by atoms with van der Waals surface area (Å²) in [5.74, 6) is -1.54. The quantitative estimate of drug-likeness (QED) is 0.612. The van der Waals surface area contributed by atoms with Gasteiger partial charge in [-0.1, -0.05) is 42.6 Å². The third-order valence-corrected chi connectivity index (χ3v) is 5.21. The topological polar surface area (TPSA) is 68.3 Å². The lowest BCUT2D eigenvalue weighted by molar-refractivity contribution is -0.159. The number of esters is 1. The summed E-state index contributed by atoms with van der Waals surface area (Å²) >= 11 is 5.93. The second kappa shape index (κ2) is 8.05. The third kappa shape index (κ3) is 3.95. The molecule has 0 unspecified atom stereocenters. The zero-order chi connectivity index (χ0) is 19.4. The van der Waals surface area contributed by atoms with Crippen LogP contribution in [0, 0.1) is 5.82 Å². The van der Waals surface area contributed by atoms with Crippen LogP contribution in [-0.4, -0.2) is 23.0 Å². The van der Waals surface area contributed by atoms with E-state index in [2.05, 4.69) is 10.3 Å². The smallest absolute Gasteiger partial charge is 0.317 e. The molecule has 1 N–H and O–H groups in total. The van der Waals surface area contributed by atoms with Crippen LogP contribution >= 0.6 is 11.6 Å². The van der Waals surface area contributed by atoms with E-state index in [0.29, 0.717) is 24.1 Å². The van der Waals surface area contributed by atoms with Crippen molar-refractivity contribution in [3.05, 3.63) is 59.1 Å². The highest BCUT2D eigenvalue weighted by molar-refractivity contribution is 6.32. The lowest BCUT2D eigenvalue weighted by atomic mass is 9.78. The van der Waals surface area contributed by atoms with Gasteiger partial charge in [0.15, 0.2) is 11.3 Å². The van der Waals surface area contributed by atoms with E-state index < -0.39 is 29.2 Å². The minimum Gasteiger partial charge on any atom is -0.452 e. The van der Waals surface area contributed by atoms with Gasteiger partial charge in [-0.15, -0.1) is 0 Å². The van der Waals surface area contributed by atoms with Crippen LogP contribution in [0.4, 0.5) is 10.1 Å². The minimum atomic E-state index is -1.06. The average molecular weight is 391 g/mol. The van der Waals surface area contributed by atoms with Gasteiger partial charge in [0, 0.05) is 11.8 Å². The molecular weight excluding hydrogens is 371 g/mol. The fraction of sp³-hybridized carbons (Fsp3) is 0.350. The SMILES string of the molecule is C[C@H](OC(=O)C1(c2ccccc2F)CCCC1)C(=O)Nc1cccnc1Cl. The summed E-state index contributed by atoms with van der Waals surface area (Å²) in [4.78, 5) is 29.2. The van der Waals surface area contributed by atoms with E-state index in [1.807, 2.05) is 0 Å². The van der Waals surface area contributed by atoms with Crippen LogP contribution in [0.3, 0.4) is 0 Å². The summed E-state index contributed by atoms with van der Waals surface area (Å²) in [7, 11) is 0. The molecule has 1 atom stereocenters. The molecule has 2 aromatic rings. The van der Waals surface area contributed by atoms with Crippen LogP contribution < -0.4 is 5.32 Å². The van der Waals surface area contributed by atoms with Crippen LogP contribution in [0.25, 0.3) is 0 Å². The highest BCUT2D eigenvalue weighted by Crippen LogP contribution is 2.43. The van der Waals surface area contributed by atoms with Crippen LogP contribution in [0.5, 0.6) is 0 Å². The van der Waals surface area contributed by atoms with Gasteiger partial charge in [-0.05, 0) is 38.0 Å². The number of pyridine rings is 1. The zero-order valence-electron chi connectivity index (χ0n) is 14.9. The minimum absolute atomic E-state index is 0.142. The van der Waals surface area contributed by atoms with Crippen molar-refractivity contribution in [1.29, 1.82) is 0 Å². The lowest BCUT2D eigenvalue weighted by Gasteiger charge is -2.29. The predicted octanol–water partition coefficient (Wildman–Crippen LogP) is 4.26. The van der Waals surface area contributed by atoms with Gasteiger partial charge in [0.1, 0.15) is 5.82 Å². The number of nitrogens with one attached hydrogen (secondary N) is 1. The fourth-order valence-corrected chi connectivity index (χ4v) is 3.62. The van der Waals surface area contributed by atoms with Crippen LogP contribution in [-0.2, 0) is 19.7 Å². The zero-order valence-corrected chi connectivity index (χ0v) is 15.6. The Balaban J connectivity index is 1.75. The molecule has 0 aliphatic heterocycles. The number of amides is 1. The molecule has 142 valence electrons. The molecule has 7 heteroatoms. The molecular formula is C20H20ClFN2O3. The molecule has 0 radical (unpaired) electrons. The Labute approximate surface area is 161 Å². The van der Waals surface area contributed by atoms with Gasteiger partial charge < -0.3 is 10.1 Å². The molecule has 1 aromatic heterocycles.